The number of methoxy groups -OCH3 is 1. The molecule has 0 radical (unpaired) electrons. The summed E-state index contributed by atoms with van der Waals surface area (Å²) in [6.07, 6.45) is 6.47. The predicted molar refractivity (Wildman–Crippen MR) is 98.9 cm³/mol. The fraction of sp³-hybridized carbons (Fsp3) is 0.474. The number of urea groups is 1. The van der Waals surface area contributed by atoms with Gasteiger partial charge < -0.3 is 19.9 Å². The fourth-order valence-electron chi connectivity index (χ4n) is 3.39. The van der Waals surface area contributed by atoms with Crippen molar-refractivity contribution in [3.8, 4) is 0 Å². The number of amides is 2. The molecule has 0 unspecified atom stereocenters. The summed E-state index contributed by atoms with van der Waals surface area (Å²) >= 11 is 0. The number of fused-ring (bicyclic) bond motifs is 1. The molecule has 1 aliphatic rings. The molecule has 3 heterocycles. The SMILES string of the molecule is CC[C@@H](C)[C@H](NC(=O)N1CCc2[nH]cnc2[C@@H]1c1ccncc1)C(=O)OC. The zero-order chi connectivity index (χ0) is 19.4. The lowest BCUT2D eigenvalue weighted by Gasteiger charge is -2.36. The Hall–Kier alpha value is -2.90. The monoisotopic (exact) mass is 371 g/mol. The van der Waals surface area contributed by atoms with Gasteiger partial charge in [-0.1, -0.05) is 20.3 Å². The van der Waals surface area contributed by atoms with Gasteiger partial charge in [-0.25, -0.2) is 14.6 Å². The van der Waals surface area contributed by atoms with Gasteiger partial charge in [0.25, 0.3) is 0 Å². The highest BCUT2D eigenvalue weighted by atomic mass is 16.5. The predicted octanol–water partition coefficient (Wildman–Crippen LogP) is 2.05. The van der Waals surface area contributed by atoms with Crippen LogP contribution in [-0.2, 0) is 16.0 Å². The molecular weight excluding hydrogens is 346 g/mol. The number of H-pyrrole nitrogens is 1. The second-order valence-electron chi connectivity index (χ2n) is 6.73. The van der Waals surface area contributed by atoms with E-state index >= 15 is 0 Å². The normalized spacial score (nSPS) is 18.3. The largest absolute Gasteiger partial charge is 0.467 e. The lowest BCUT2D eigenvalue weighted by molar-refractivity contribution is -0.144. The van der Waals surface area contributed by atoms with E-state index in [1.54, 1.807) is 23.6 Å². The molecule has 1 aliphatic heterocycles. The van der Waals surface area contributed by atoms with Gasteiger partial charge in [-0.3, -0.25) is 4.98 Å². The molecule has 0 bridgehead atoms. The van der Waals surface area contributed by atoms with Crippen LogP contribution in [0, 0.1) is 5.92 Å². The van der Waals surface area contributed by atoms with Gasteiger partial charge in [0.2, 0.25) is 0 Å². The molecule has 0 saturated carbocycles. The van der Waals surface area contributed by atoms with Crippen LogP contribution in [0.4, 0.5) is 4.79 Å². The fourth-order valence-corrected chi connectivity index (χ4v) is 3.39. The number of esters is 1. The third kappa shape index (κ3) is 3.79. The van der Waals surface area contributed by atoms with Gasteiger partial charge in [0.15, 0.2) is 0 Å². The van der Waals surface area contributed by atoms with E-state index in [1.807, 2.05) is 26.0 Å². The van der Waals surface area contributed by atoms with Gasteiger partial charge in [0.05, 0.1) is 19.1 Å². The molecule has 0 saturated heterocycles. The van der Waals surface area contributed by atoms with E-state index < -0.39 is 12.0 Å². The first-order valence-corrected chi connectivity index (χ1v) is 9.13. The first-order chi connectivity index (χ1) is 13.1. The zero-order valence-electron chi connectivity index (χ0n) is 15.8. The second-order valence-corrected chi connectivity index (χ2v) is 6.73. The number of aromatic amines is 1. The molecule has 3 atom stereocenters. The van der Waals surface area contributed by atoms with Crippen molar-refractivity contribution in [3.63, 3.8) is 0 Å². The van der Waals surface area contributed by atoms with Crippen molar-refractivity contribution in [1.82, 2.24) is 25.2 Å². The smallest absolute Gasteiger partial charge is 0.328 e. The number of nitrogens with zero attached hydrogens (tertiary/aromatic N) is 3. The summed E-state index contributed by atoms with van der Waals surface area (Å²) in [6, 6.07) is 2.42. The summed E-state index contributed by atoms with van der Waals surface area (Å²) in [4.78, 5) is 38.7. The molecule has 0 spiro atoms. The van der Waals surface area contributed by atoms with Crippen molar-refractivity contribution >= 4 is 12.0 Å². The minimum Gasteiger partial charge on any atom is -0.467 e. The average molecular weight is 371 g/mol. The number of carbonyl (C=O) groups excluding carboxylic acids is 2. The van der Waals surface area contributed by atoms with E-state index in [0.29, 0.717) is 13.0 Å². The number of hydrogen-bond donors (Lipinski definition) is 2. The maximum Gasteiger partial charge on any atom is 0.328 e. The molecule has 0 aromatic carbocycles. The zero-order valence-corrected chi connectivity index (χ0v) is 15.8. The quantitative estimate of drug-likeness (QED) is 0.784. The molecule has 144 valence electrons. The first-order valence-electron chi connectivity index (χ1n) is 9.13. The van der Waals surface area contributed by atoms with Crippen molar-refractivity contribution in [1.29, 1.82) is 0 Å². The molecule has 2 amide bonds. The molecule has 8 nitrogen and oxygen atoms in total. The molecule has 0 aliphatic carbocycles. The Kier molecular flexibility index (Phi) is 5.73. The molecule has 2 aromatic rings. The van der Waals surface area contributed by atoms with Crippen LogP contribution in [-0.4, -0.2) is 51.5 Å². The molecular formula is C19H25N5O3. The molecule has 8 heteroatoms. The Morgan fingerprint density at radius 2 is 2.15 bits per heavy atom. The summed E-state index contributed by atoms with van der Waals surface area (Å²) in [7, 11) is 1.33. The Balaban J connectivity index is 1.89. The Morgan fingerprint density at radius 3 is 2.81 bits per heavy atom. The standard InChI is InChI=1S/C19H25N5O3/c1-4-12(2)15(18(25)27-3)23-19(26)24-10-7-14-16(22-11-21-14)17(24)13-5-8-20-9-6-13/h5-6,8-9,11-12,15,17H,4,7,10H2,1-3H3,(H,21,22)(H,23,26)/t12-,15+,17+/m1/s1. The number of carbonyl (C=O) groups is 2. The second kappa shape index (κ2) is 8.20. The van der Waals surface area contributed by atoms with Gasteiger partial charge in [-0.15, -0.1) is 0 Å². The van der Waals surface area contributed by atoms with E-state index in [-0.39, 0.29) is 18.0 Å². The van der Waals surface area contributed by atoms with Crippen LogP contribution < -0.4 is 5.32 Å². The van der Waals surface area contributed by atoms with Crippen molar-refractivity contribution in [3.05, 3.63) is 47.8 Å². The highest BCUT2D eigenvalue weighted by Gasteiger charge is 2.36. The van der Waals surface area contributed by atoms with E-state index in [2.05, 4.69) is 20.3 Å². The van der Waals surface area contributed by atoms with Gasteiger partial charge in [0.1, 0.15) is 12.1 Å². The van der Waals surface area contributed by atoms with E-state index in [4.69, 9.17) is 4.74 Å². The van der Waals surface area contributed by atoms with Crippen LogP contribution in [0.25, 0.3) is 0 Å². The van der Waals surface area contributed by atoms with Crippen LogP contribution >= 0.6 is 0 Å². The lowest BCUT2D eigenvalue weighted by atomic mass is 9.96. The van der Waals surface area contributed by atoms with Gasteiger partial charge >= 0.3 is 12.0 Å². The summed E-state index contributed by atoms with van der Waals surface area (Å²) in [5.74, 6) is -0.470. The van der Waals surface area contributed by atoms with Crippen LogP contribution in [0.5, 0.6) is 0 Å². The average Bonchev–Trinajstić information content (AvgIpc) is 3.19. The minimum atomic E-state index is -0.689. The van der Waals surface area contributed by atoms with Crippen LogP contribution in [0.15, 0.2) is 30.9 Å². The number of imidazole rings is 1. The van der Waals surface area contributed by atoms with Crippen molar-refractivity contribution in [2.45, 2.75) is 38.8 Å². The third-order valence-electron chi connectivity index (χ3n) is 5.15. The number of nitrogens with one attached hydrogen (secondary N) is 2. The molecule has 2 N–H and O–H groups in total. The number of hydrogen-bond acceptors (Lipinski definition) is 5. The van der Waals surface area contributed by atoms with Gasteiger partial charge in [0, 0.05) is 31.1 Å². The van der Waals surface area contributed by atoms with E-state index in [1.165, 1.54) is 7.11 Å². The minimum absolute atomic E-state index is 0.0356. The van der Waals surface area contributed by atoms with E-state index in [9.17, 15) is 9.59 Å². The molecule has 2 aromatic heterocycles. The maximum atomic E-state index is 13.1. The van der Waals surface area contributed by atoms with Crippen molar-refractivity contribution in [2.24, 2.45) is 5.92 Å². The lowest BCUT2D eigenvalue weighted by Crippen LogP contribution is -2.53. The number of pyridine rings is 1. The Labute approximate surface area is 158 Å². The van der Waals surface area contributed by atoms with Crippen LogP contribution in [0.1, 0.15) is 43.3 Å². The maximum absolute atomic E-state index is 13.1. The number of rotatable bonds is 5. The van der Waals surface area contributed by atoms with Crippen molar-refractivity contribution < 1.29 is 14.3 Å². The van der Waals surface area contributed by atoms with Crippen LogP contribution in [0.3, 0.4) is 0 Å². The summed E-state index contributed by atoms with van der Waals surface area (Å²) in [5.41, 5.74) is 2.76. The van der Waals surface area contributed by atoms with Gasteiger partial charge in [-0.2, -0.15) is 0 Å². The highest BCUT2D eigenvalue weighted by molar-refractivity contribution is 5.84. The Bertz CT molecular complexity index is 792. The summed E-state index contributed by atoms with van der Waals surface area (Å²) in [6.45, 7) is 4.41. The Morgan fingerprint density at radius 1 is 1.41 bits per heavy atom. The number of ether oxygens (including phenoxy) is 1. The first kappa shape index (κ1) is 18.9. The number of aromatic nitrogens is 3. The van der Waals surface area contributed by atoms with Crippen molar-refractivity contribution in [2.75, 3.05) is 13.7 Å². The molecule has 3 rings (SSSR count). The summed E-state index contributed by atoms with van der Waals surface area (Å²) < 4.78 is 4.88. The van der Waals surface area contributed by atoms with Gasteiger partial charge in [-0.05, 0) is 23.6 Å². The molecule has 27 heavy (non-hydrogen) atoms. The topological polar surface area (TPSA) is 100 Å². The van der Waals surface area contributed by atoms with E-state index in [0.717, 1.165) is 23.4 Å². The van der Waals surface area contributed by atoms with Crippen LogP contribution in [0.2, 0.25) is 0 Å². The highest BCUT2D eigenvalue weighted by Crippen LogP contribution is 2.33. The molecule has 0 fully saturated rings. The summed E-state index contributed by atoms with van der Waals surface area (Å²) in [5, 5.41) is 2.87. The third-order valence-corrected chi connectivity index (χ3v) is 5.15.